The van der Waals surface area contributed by atoms with E-state index in [1.54, 1.807) is 12.4 Å². The molecule has 0 saturated carbocycles. The molecule has 0 radical (unpaired) electrons. The minimum atomic E-state index is -0.321. The molecule has 5 N–H and O–H groups in total. The zero-order valence-corrected chi connectivity index (χ0v) is 11.6. The van der Waals surface area contributed by atoms with Crippen molar-refractivity contribution in [3.05, 3.63) is 54.4 Å². The van der Waals surface area contributed by atoms with Crippen LogP contribution in [-0.4, -0.2) is 16.6 Å². The van der Waals surface area contributed by atoms with Gasteiger partial charge in [0, 0.05) is 16.8 Å². The van der Waals surface area contributed by atoms with Gasteiger partial charge in [0.1, 0.15) is 0 Å². The lowest BCUT2D eigenvalue weighted by molar-refractivity contribution is -0.122. The SMILES string of the molecule is NNC(=O)C(CSc1ccncc1N)c1ccccc1. The maximum Gasteiger partial charge on any atom is 0.242 e. The van der Waals surface area contributed by atoms with Gasteiger partial charge in [-0.1, -0.05) is 30.3 Å². The first-order chi connectivity index (χ1) is 9.72. The maximum atomic E-state index is 11.9. The summed E-state index contributed by atoms with van der Waals surface area (Å²) in [4.78, 5) is 16.8. The van der Waals surface area contributed by atoms with Crippen LogP contribution in [0.15, 0.2) is 53.7 Å². The normalized spacial score (nSPS) is 11.8. The Morgan fingerprint density at radius 2 is 2.05 bits per heavy atom. The number of amides is 1. The van der Waals surface area contributed by atoms with E-state index in [1.165, 1.54) is 11.8 Å². The van der Waals surface area contributed by atoms with E-state index < -0.39 is 0 Å². The van der Waals surface area contributed by atoms with Crippen molar-refractivity contribution in [2.24, 2.45) is 5.84 Å². The molecule has 2 aromatic rings. The van der Waals surface area contributed by atoms with Gasteiger partial charge in [0.25, 0.3) is 0 Å². The van der Waals surface area contributed by atoms with Crippen LogP contribution >= 0.6 is 11.8 Å². The smallest absolute Gasteiger partial charge is 0.242 e. The van der Waals surface area contributed by atoms with Crippen molar-refractivity contribution in [1.29, 1.82) is 0 Å². The molecular weight excluding hydrogens is 272 g/mol. The van der Waals surface area contributed by atoms with E-state index in [0.29, 0.717) is 11.4 Å². The fourth-order valence-corrected chi connectivity index (χ4v) is 2.87. The summed E-state index contributed by atoms with van der Waals surface area (Å²) < 4.78 is 0. The third-order valence-electron chi connectivity index (χ3n) is 2.88. The number of nitrogens with two attached hydrogens (primary N) is 2. The number of aromatic nitrogens is 1. The minimum Gasteiger partial charge on any atom is -0.397 e. The van der Waals surface area contributed by atoms with E-state index in [1.807, 2.05) is 36.4 Å². The number of rotatable bonds is 5. The van der Waals surface area contributed by atoms with Crippen molar-refractivity contribution in [3.8, 4) is 0 Å². The Morgan fingerprint density at radius 1 is 1.30 bits per heavy atom. The molecule has 1 amide bonds. The highest BCUT2D eigenvalue weighted by molar-refractivity contribution is 7.99. The molecule has 1 unspecified atom stereocenters. The predicted molar refractivity (Wildman–Crippen MR) is 80.9 cm³/mol. The Kier molecular flexibility index (Phi) is 4.97. The average Bonchev–Trinajstić information content (AvgIpc) is 2.50. The molecule has 1 aromatic carbocycles. The summed E-state index contributed by atoms with van der Waals surface area (Å²) in [6.07, 6.45) is 3.28. The molecule has 0 spiro atoms. The van der Waals surface area contributed by atoms with Crippen molar-refractivity contribution in [1.82, 2.24) is 10.4 Å². The van der Waals surface area contributed by atoms with Crippen LogP contribution in [0.5, 0.6) is 0 Å². The number of nitrogens with one attached hydrogen (secondary N) is 1. The number of hydrogen-bond acceptors (Lipinski definition) is 5. The molecule has 0 aliphatic heterocycles. The van der Waals surface area contributed by atoms with E-state index in [0.717, 1.165) is 10.5 Å². The predicted octanol–water partition coefficient (Wildman–Crippen LogP) is 1.53. The Bertz CT molecular complexity index is 576. The molecule has 2 rings (SSSR count). The summed E-state index contributed by atoms with van der Waals surface area (Å²) in [6.45, 7) is 0. The van der Waals surface area contributed by atoms with E-state index >= 15 is 0 Å². The standard InChI is InChI=1S/C14H16N4OS/c15-12-8-17-7-6-13(12)20-9-11(14(19)18-16)10-4-2-1-3-5-10/h1-8,11H,9,15-16H2,(H,18,19). The minimum absolute atomic E-state index is 0.212. The highest BCUT2D eigenvalue weighted by atomic mass is 32.2. The maximum absolute atomic E-state index is 11.9. The number of hydrogen-bond donors (Lipinski definition) is 3. The third-order valence-corrected chi connectivity index (χ3v) is 4.06. The highest BCUT2D eigenvalue weighted by Crippen LogP contribution is 2.29. The molecule has 0 bridgehead atoms. The zero-order valence-electron chi connectivity index (χ0n) is 10.8. The molecule has 0 fully saturated rings. The third kappa shape index (κ3) is 3.49. The van der Waals surface area contributed by atoms with Crippen molar-refractivity contribution < 1.29 is 4.79 Å². The summed E-state index contributed by atoms with van der Waals surface area (Å²) in [5, 5.41) is 0. The van der Waals surface area contributed by atoms with Gasteiger partial charge < -0.3 is 5.73 Å². The number of nitrogen functional groups attached to an aromatic ring is 1. The van der Waals surface area contributed by atoms with Gasteiger partial charge in [-0.15, -0.1) is 11.8 Å². The average molecular weight is 288 g/mol. The van der Waals surface area contributed by atoms with E-state index in [4.69, 9.17) is 11.6 Å². The van der Waals surface area contributed by atoms with Gasteiger partial charge in [0.2, 0.25) is 5.91 Å². The summed E-state index contributed by atoms with van der Waals surface area (Å²) in [5.74, 6) is 5.29. The van der Waals surface area contributed by atoms with Gasteiger partial charge in [0.05, 0.1) is 17.8 Å². The Morgan fingerprint density at radius 3 is 2.70 bits per heavy atom. The summed E-state index contributed by atoms with van der Waals surface area (Å²) in [5.41, 5.74) is 9.60. The van der Waals surface area contributed by atoms with Crippen LogP contribution in [0.2, 0.25) is 0 Å². The number of thioether (sulfide) groups is 1. The Hall–Kier alpha value is -2.05. The Labute approximate surface area is 121 Å². The summed E-state index contributed by atoms with van der Waals surface area (Å²) in [6, 6.07) is 11.4. The topological polar surface area (TPSA) is 94.0 Å². The number of carbonyl (C=O) groups is 1. The first kappa shape index (κ1) is 14.4. The molecule has 0 saturated heterocycles. The number of anilines is 1. The fourth-order valence-electron chi connectivity index (χ4n) is 1.81. The van der Waals surface area contributed by atoms with Crippen molar-refractivity contribution in [2.45, 2.75) is 10.8 Å². The van der Waals surface area contributed by atoms with Gasteiger partial charge in [-0.3, -0.25) is 15.2 Å². The van der Waals surface area contributed by atoms with Gasteiger partial charge >= 0.3 is 0 Å². The number of nitrogens with zero attached hydrogens (tertiary/aromatic N) is 1. The largest absolute Gasteiger partial charge is 0.397 e. The quantitative estimate of drug-likeness (QED) is 0.336. The van der Waals surface area contributed by atoms with Crippen LogP contribution in [0.4, 0.5) is 5.69 Å². The molecule has 1 atom stereocenters. The lowest BCUT2D eigenvalue weighted by atomic mass is 10.0. The van der Waals surface area contributed by atoms with Crippen molar-refractivity contribution in [3.63, 3.8) is 0 Å². The molecule has 5 nitrogen and oxygen atoms in total. The lowest BCUT2D eigenvalue weighted by Crippen LogP contribution is -2.35. The molecule has 1 aromatic heterocycles. The number of pyridine rings is 1. The van der Waals surface area contributed by atoms with Crippen LogP contribution in [0.3, 0.4) is 0 Å². The first-order valence-electron chi connectivity index (χ1n) is 6.10. The molecule has 0 aliphatic carbocycles. The van der Waals surface area contributed by atoms with Gasteiger partial charge in [0.15, 0.2) is 0 Å². The first-order valence-corrected chi connectivity index (χ1v) is 7.08. The molecule has 6 heteroatoms. The van der Waals surface area contributed by atoms with Crippen LogP contribution in [-0.2, 0) is 4.79 Å². The van der Waals surface area contributed by atoms with Gasteiger partial charge in [-0.05, 0) is 11.6 Å². The van der Waals surface area contributed by atoms with Gasteiger partial charge in [-0.2, -0.15) is 0 Å². The fraction of sp³-hybridized carbons (Fsp3) is 0.143. The van der Waals surface area contributed by atoms with Crippen LogP contribution < -0.4 is 17.0 Å². The molecule has 0 aliphatic rings. The van der Waals surface area contributed by atoms with E-state index in [-0.39, 0.29) is 11.8 Å². The molecular formula is C14H16N4OS. The van der Waals surface area contributed by atoms with E-state index in [2.05, 4.69) is 10.4 Å². The number of benzene rings is 1. The molecule has 104 valence electrons. The van der Waals surface area contributed by atoms with Gasteiger partial charge in [-0.25, -0.2) is 5.84 Å². The van der Waals surface area contributed by atoms with Crippen LogP contribution in [0.1, 0.15) is 11.5 Å². The summed E-state index contributed by atoms with van der Waals surface area (Å²) in [7, 11) is 0. The molecule has 1 heterocycles. The number of carbonyl (C=O) groups excluding carboxylic acids is 1. The van der Waals surface area contributed by atoms with Crippen molar-refractivity contribution >= 4 is 23.4 Å². The van der Waals surface area contributed by atoms with Crippen LogP contribution in [0, 0.1) is 0 Å². The molecule has 20 heavy (non-hydrogen) atoms. The Balaban J connectivity index is 2.14. The zero-order chi connectivity index (χ0) is 14.4. The second kappa shape index (κ2) is 6.93. The monoisotopic (exact) mass is 288 g/mol. The van der Waals surface area contributed by atoms with Crippen LogP contribution in [0.25, 0.3) is 0 Å². The van der Waals surface area contributed by atoms with E-state index in [9.17, 15) is 4.79 Å². The number of hydrazine groups is 1. The van der Waals surface area contributed by atoms with Crippen molar-refractivity contribution in [2.75, 3.05) is 11.5 Å². The highest BCUT2D eigenvalue weighted by Gasteiger charge is 2.20. The second-order valence-electron chi connectivity index (χ2n) is 4.20. The lowest BCUT2D eigenvalue weighted by Gasteiger charge is -2.15. The summed E-state index contributed by atoms with van der Waals surface area (Å²) >= 11 is 1.51. The second-order valence-corrected chi connectivity index (χ2v) is 5.26.